The monoisotopic (exact) mass is 692 g/mol. The van der Waals surface area contributed by atoms with E-state index in [4.69, 9.17) is 0 Å². The minimum atomic E-state index is -1.31. The highest BCUT2D eigenvalue weighted by molar-refractivity contribution is 5.85. The molecule has 6 heterocycles. The van der Waals surface area contributed by atoms with Crippen molar-refractivity contribution in [3.63, 3.8) is 0 Å². The average molecular weight is 693 g/mol. The van der Waals surface area contributed by atoms with E-state index in [0.29, 0.717) is 65.0 Å². The van der Waals surface area contributed by atoms with Gasteiger partial charge in [0.1, 0.15) is 11.2 Å². The van der Waals surface area contributed by atoms with E-state index in [1.54, 1.807) is 34.2 Å². The normalized spacial score (nSPS) is 16.7. The smallest absolute Gasteiger partial charge is 0.252 e. The van der Waals surface area contributed by atoms with Crippen LogP contribution in [0.3, 0.4) is 0 Å². The molecule has 14 nitrogen and oxygen atoms in total. The SMILES string of the molecule is O=C(NCc1ccc(-n2cccn2)nc1)C1(O)CCN(Cc2ccccc2)CC1.O=C(NCc1ccc(-n2cccn2)nc1)C1(O)CCNCC1. The molecule has 2 fully saturated rings. The molecular weight excluding hydrogens is 648 g/mol. The molecule has 5 aromatic rings. The molecule has 5 N–H and O–H groups in total. The zero-order valence-corrected chi connectivity index (χ0v) is 28.4. The lowest BCUT2D eigenvalue weighted by molar-refractivity contribution is -0.145. The number of nitrogens with zero attached hydrogens (tertiary/aromatic N) is 7. The lowest BCUT2D eigenvalue weighted by atomic mass is 9.90. The van der Waals surface area contributed by atoms with Gasteiger partial charge in [-0.15, -0.1) is 0 Å². The van der Waals surface area contributed by atoms with Crippen molar-refractivity contribution in [3.05, 3.63) is 121 Å². The molecule has 0 unspecified atom stereocenters. The molecule has 0 atom stereocenters. The molecule has 51 heavy (non-hydrogen) atoms. The number of hydrogen-bond donors (Lipinski definition) is 5. The van der Waals surface area contributed by atoms with Gasteiger partial charge >= 0.3 is 0 Å². The zero-order valence-electron chi connectivity index (χ0n) is 28.4. The summed E-state index contributed by atoms with van der Waals surface area (Å²) in [6.07, 6.45) is 12.2. The molecule has 0 saturated carbocycles. The zero-order chi connectivity index (χ0) is 35.5. The second-order valence-corrected chi connectivity index (χ2v) is 12.9. The van der Waals surface area contributed by atoms with E-state index in [9.17, 15) is 19.8 Å². The molecule has 0 radical (unpaired) electrons. The van der Waals surface area contributed by atoms with Gasteiger partial charge in [-0.3, -0.25) is 14.5 Å². The first-order valence-electron chi connectivity index (χ1n) is 17.2. The highest BCUT2D eigenvalue weighted by Gasteiger charge is 2.39. The molecule has 2 aliphatic rings. The van der Waals surface area contributed by atoms with E-state index in [1.807, 2.05) is 67.0 Å². The Morgan fingerprint density at radius 3 is 1.63 bits per heavy atom. The lowest BCUT2D eigenvalue weighted by Crippen LogP contribution is -2.53. The van der Waals surface area contributed by atoms with Gasteiger partial charge in [0.05, 0.1) is 0 Å². The summed E-state index contributed by atoms with van der Waals surface area (Å²) in [5.74, 6) is 0.810. The van der Waals surface area contributed by atoms with Crippen LogP contribution in [0.15, 0.2) is 104 Å². The number of carbonyl (C=O) groups is 2. The second kappa shape index (κ2) is 16.6. The van der Waals surface area contributed by atoms with Crippen LogP contribution in [0.4, 0.5) is 0 Å². The third-order valence-corrected chi connectivity index (χ3v) is 9.21. The maximum Gasteiger partial charge on any atom is 0.252 e. The van der Waals surface area contributed by atoms with Crippen LogP contribution in [0.25, 0.3) is 11.6 Å². The van der Waals surface area contributed by atoms with E-state index in [-0.39, 0.29) is 11.8 Å². The number of benzene rings is 1. The van der Waals surface area contributed by atoms with Crippen LogP contribution in [-0.2, 0) is 29.2 Å². The van der Waals surface area contributed by atoms with E-state index in [2.05, 4.69) is 53.1 Å². The molecule has 2 saturated heterocycles. The lowest BCUT2D eigenvalue weighted by Gasteiger charge is -2.37. The van der Waals surface area contributed by atoms with Crippen LogP contribution >= 0.6 is 0 Å². The van der Waals surface area contributed by atoms with E-state index < -0.39 is 11.2 Å². The molecule has 1 aromatic carbocycles. The van der Waals surface area contributed by atoms with Crippen LogP contribution < -0.4 is 16.0 Å². The predicted octanol–water partition coefficient (Wildman–Crippen LogP) is 1.91. The largest absolute Gasteiger partial charge is 0.380 e. The molecule has 2 amide bonds. The Morgan fingerprint density at radius 2 is 1.18 bits per heavy atom. The molecule has 0 bridgehead atoms. The number of rotatable bonds is 10. The van der Waals surface area contributed by atoms with E-state index >= 15 is 0 Å². The maximum atomic E-state index is 12.6. The highest BCUT2D eigenvalue weighted by atomic mass is 16.3. The standard InChI is InChI=1S/C22H25N5O2.C15H19N5O2/c28-21(24-16-19-7-8-20(23-15-19)27-12-4-11-25-27)22(29)9-13-26(14-10-22)17-18-5-2-1-3-6-18;21-14(15(22)4-7-16-8-5-15)18-11-12-2-3-13(17-10-12)20-9-1-6-19-20/h1-8,11-12,15,29H,9-10,13-14,16-17H2,(H,24,28);1-3,6,9-10,16,22H,4-5,7-8,11H2,(H,18,21). The number of nitrogens with one attached hydrogen (secondary N) is 3. The molecule has 266 valence electrons. The van der Waals surface area contributed by atoms with Crippen LogP contribution in [0.2, 0.25) is 0 Å². The van der Waals surface area contributed by atoms with Crippen molar-refractivity contribution in [2.24, 2.45) is 0 Å². The fraction of sp³-hybridized carbons (Fsp3) is 0.351. The molecule has 4 aromatic heterocycles. The summed E-state index contributed by atoms with van der Waals surface area (Å²) in [4.78, 5) is 35.7. The molecule has 0 spiro atoms. The Balaban J connectivity index is 0.000000183. The first kappa shape index (κ1) is 35.5. The van der Waals surface area contributed by atoms with Crippen molar-refractivity contribution in [3.8, 4) is 11.6 Å². The Labute approximate surface area is 296 Å². The topological polar surface area (TPSA) is 175 Å². The number of hydrogen-bond acceptors (Lipinski definition) is 10. The quantitative estimate of drug-likeness (QED) is 0.145. The van der Waals surface area contributed by atoms with Gasteiger partial charge < -0.3 is 26.2 Å². The van der Waals surface area contributed by atoms with Gasteiger partial charge in [-0.25, -0.2) is 19.3 Å². The summed E-state index contributed by atoms with van der Waals surface area (Å²) in [5, 5.41) is 38.1. The first-order chi connectivity index (χ1) is 24.8. The number of amides is 2. The Morgan fingerprint density at radius 1 is 0.667 bits per heavy atom. The first-order valence-corrected chi connectivity index (χ1v) is 17.2. The summed E-state index contributed by atoms with van der Waals surface area (Å²) in [5.41, 5.74) is 0.429. The third kappa shape index (κ3) is 9.49. The van der Waals surface area contributed by atoms with Crippen molar-refractivity contribution < 1.29 is 19.8 Å². The summed E-state index contributed by atoms with van der Waals surface area (Å²) >= 11 is 0. The highest BCUT2D eigenvalue weighted by Crippen LogP contribution is 2.24. The van der Waals surface area contributed by atoms with E-state index in [0.717, 1.165) is 29.3 Å². The van der Waals surface area contributed by atoms with Crippen molar-refractivity contribution >= 4 is 11.8 Å². The molecule has 7 rings (SSSR count). The Hall–Kier alpha value is -5.28. The van der Waals surface area contributed by atoms with Crippen LogP contribution in [0, 0.1) is 0 Å². The summed E-state index contributed by atoms with van der Waals surface area (Å²) < 4.78 is 3.34. The maximum absolute atomic E-state index is 12.6. The number of piperidine rings is 2. The van der Waals surface area contributed by atoms with Crippen molar-refractivity contribution in [1.29, 1.82) is 0 Å². The van der Waals surface area contributed by atoms with Gasteiger partial charge in [0, 0.05) is 69.9 Å². The number of aliphatic hydroxyl groups is 2. The molecular formula is C37H44N10O4. The van der Waals surface area contributed by atoms with Gasteiger partial charge in [-0.1, -0.05) is 42.5 Å². The van der Waals surface area contributed by atoms with E-state index in [1.165, 1.54) is 5.56 Å². The van der Waals surface area contributed by atoms with Gasteiger partial charge in [-0.05, 0) is 79.7 Å². The fourth-order valence-corrected chi connectivity index (χ4v) is 6.03. The molecule has 0 aliphatic carbocycles. The minimum absolute atomic E-state index is 0.312. The second-order valence-electron chi connectivity index (χ2n) is 12.9. The van der Waals surface area contributed by atoms with Crippen molar-refractivity contribution in [1.82, 2.24) is 50.4 Å². The molecule has 2 aliphatic heterocycles. The predicted molar refractivity (Wildman–Crippen MR) is 189 cm³/mol. The number of likely N-dealkylation sites (tertiary alicyclic amines) is 1. The number of aromatic nitrogens is 6. The van der Waals surface area contributed by atoms with Crippen LogP contribution in [0.1, 0.15) is 42.4 Å². The molecule has 14 heteroatoms. The third-order valence-electron chi connectivity index (χ3n) is 9.21. The summed E-state index contributed by atoms with van der Waals surface area (Å²) in [6.45, 7) is 4.22. The van der Waals surface area contributed by atoms with Gasteiger partial charge in [0.25, 0.3) is 11.8 Å². The van der Waals surface area contributed by atoms with Gasteiger partial charge in [0.2, 0.25) is 0 Å². The Kier molecular flexibility index (Phi) is 11.6. The average Bonchev–Trinajstić information content (AvgIpc) is 3.92. The van der Waals surface area contributed by atoms with Gasteiger partial charge in [0.15, 0.2) is 11.6 Å². The van der Waals surface area contributed by atoms with Gasteiger partial charge in [-0.2, -0.15) is 10.2 Å². The minimum Gasteiger partial charge on any atom is -0.380 e. The van der Waals surface area contributed by atoms with Crippen LogP contribution in [0.5, 0.6) is 0 Å². The Bertz CT molecular complexity index is 1800. The number of carbonyl (C=O) groups excluding carboxylic acids is 2. The van der Waals surface area contributed by atoms with Crippen LogP contribution in [-0.4, -0.2) is 93.8 Å². The summed E-state index contributed by atoms with van der Waals surface area (Å²) in [6, 6.07) is 21.4. The fourth-order valence-electron chi connectivity index (χ4n) is 6.03. The number of pyridine rings is 2. The summed E-state index contributed by atoms with van der Waals surface area (Å²) in [7, 11) is 0. The van der Waals surface area contributed by atoms with Crippen molar-refractivity contribution in [2.75, 3.05) is 26.2 Å². The van der Waals surface area contributed by atoms with Crippen molar-refractivity contribution in [2.45, 2.75) is 56.5 Å².